The number of H-pyrrole nitrogens is 2. The highest BCUT2D eigenvalue weighted by Gasteiger charge is 2.64. The fourth-order valence-electron chi connectivity index (χ4n) is 3.61. The summed E-state index contributed by atoms with van der Waals surface area (Å²) in [6, 6.07) is 0. The summed E-state index contributed by atoms with van der Waals surface area (Å²) in [4.78, 5) is 32.1. The first-order valence-corrected chi connectivity index (χ1v) is 7.73. The predicted octanol–water partition coefficient (Wildman–Crippen LogP) is -1.63. The van der Waals surface area contributed by atoms with Gasteiger partial charge in [0.05, 0.1) is 12.9 Å². The lowest BCUT2D eigenvalue weighted by Crippen LogP contribution is -2.57. The van der Waals surface area contributed by atoms with Crippen molar-refractivity contribution in [3.63, 3.8) is 0 Å². The van der Waals surface area contributed by atoms with Gasteiger partial charge in [-0.05, 0) is 12.8 Å². The highest BCUT2D eigenvalue weighted by Crippen LogP contribution is 2.48. The lowest BCUT2D eigenvalue weighted by molar-refractivity contribution is -0.197. The van der Waals surface area contributed by atoms with Gasteiger partial charge in [-0.2, -0.15) is 0 Å². The number of aromatic nitrogens is 4. The smallest absolute Gasteiger partial charge is 0.327 e. The zero-order valence-corrected chi connectivity index (χ0v) is 13.3. The average molecular weight is 340 g/mol. The number of hydrogen-bond acceptors (Lipinski definition) is 7. The van der Waals surface area contributed by atoms with Crippen LogP contribution in [0.3, 0.4) is 0 Å². The van der Waals surface area contributed by atoms with Gasteiger partial charge in [0.25, 0.3) is 5.56 Å². The molecule has 0 saturated carbocycles. The molecule has 2 aromatic rings. The van der Waals surface area contributed by atoms with Crippen molar-refractivity contribution < 1.29 is 20.1 Å². The molecule has 132 valence electrons. The largest absolute Gasteiger partial charge is 0.394 e. The molecule has 0 unspecified atom stereocenters. The van der Waals surface area contributed by atoms with Crippen LogP contribution in [0, 0.1) is 0 Å². The highest BCUT2D eigenvalue weighted by atomic mass is 16.6. The van der Waals surface area contributed by atoms with Crippen molar-refractivity contribution in [2.45, 2.75) is 50.2 Å². The van der Waals surface area contributed by atoms with Crippen molar-refractivity contribution in [2.75, 3.05) is 6.61 Å². The summed E-state index contributed by atoms with van der Waals surface area (Å²) < 4.78 is 7.19. The van der Waals surface area contributed by atoms with E-state index in [2.05, 4.69) is 15.0 Å². The van der Waals surface area contributed by atoms with Gasteiger partial charge in [0, 0.05) is 0 Å². The number of ether oxygens (including phenoxy) is 1. The van der Waals surface area contributed by atoms with Crippen LogP contribution in [0.15, 0.2) is 15.9 Å². The molecule has 1 aliphatic rings. The molecule has 10 heteroatoms. The lowest BCUT2D eigenvalue weighted by atomic mass is 9.81. The Morgan fingerprint density at radius 1 is 1.33 bits per heavy atom. The van der Waals surface area contributed by atoms with E-state index >= 15 is 0 Å². The van der Waals surface area contributed by atoms with Crippen LogP contribution < -0.4 is 11.2 Å². The number of aromatic amines is 2. The Balaban J connectivity index is 2.32. The van der Waals surface area contributed by atoms with Gasteiger partial charge in [0.2, 0.25) is 0 Å². The topological polar surface area (TPSA) is 153 Å². The summed E-state index contributed by atoms with van der Waals surface area (Å²) in [6.45, 7) is 2.91. The number of nitrogens with one attached hydrogen (secondary N) is 2. The number of hydrogen-bond donors (Lipinski definition) is 5. The molecular formula is C14H20N4O6. The van der Waals surface area contributed by atoms with Crippen molar-refractivity contribution in [1.82, 2.24) is 19.5 Å². The zero-order chi connectivity index (χ0) is 17.7. The molecule has 1 aliphatic heterocycles. The fraction of sp³-hybridized carbons (Fsp3) is 0.643. The van der Waals surface area contributed by atoms with Crippen LogP contribution in [0.5, 0.6) is 0 Å². The predicted molar refractivity (Wildman–Crippen MR) is 82.4 cm³/mol. The molecule has 2 aromatic heterocycles. The maximum Gasteiger partial charge on any atom is 0.327 e. The van der Waals surface area contributed by atoms with Gasteiger partial charge in [0.1, 0.15) is 23.5 Å². The van der Waals surface area contributed by atoms with Gasteiger partial charge in [-0.1, -0.05) is 13.8 Å². The standard InChI is InChI=1S/C14H20N4O6/c1-3-13(23)9(20)7(5-19)24-14(13,4-2)18-6-15-8-10(18)16-12(22)17-11(8)21/h6-7,9,19-20,23H,3-5H2,1-2H3,(H2,16,17,21,22)/t7-,9-,13-,14-/m1/s1. The number of aliphatic hydroxyl groups excluding tert-OH is 2. The third-order valence-corrected chi connectivity index (χ3v) is 4.89. The molecule has 0 spiro atoms. The van der Waals surface area contributed by atoms with Crippen LogP contribution in [-0.4, -0.2) is 59.3 Å². The molecule has 0 bridgehead atoms. The molecule has 0 radical (unpaired) electrons. The van der Waals surface area contributed by atoms with Crippen molar-refractivity contribution in [1.29, 1.82) is 0 Å². The molecule has 5 N–H and O–H groups in total. The molecule has 3 rings (SSSR count). The molecule has 24 heavy (non-hydrogen) atoms. The summed E-state index contributed by atoms with van der Waals surface area (Å²) in [5, 5.41) is 31.0. The number of imidazole rings is 1. The Morgan fingerprint density at radius 3 is 2.62 bits per heavy atom. The normalized spacial score (nSPS) is 33.4. The number of fused-ring (bicyclic) bond motifs is 1. The molecule has 1 fully saturated rings. The Morgan fingerprint density at radius 2 is 2.04 bits per heavy atom. The van der Waals surface area contributed by atoms with Crippen molar-refractivity contribution in [3.8, 4) is 0 Å². The van der Waals surface area contributed by atoms with Gasteiger partial charge >= 0.3 is 5.69 Å². The highest BCUT2D eigenvalue weighted by molar-refractivity contribution is 5.69. The van der Waals surface area contributed by atoms with E-state index in [1.165, 1.54) is 10.9 Å². The van der Waals surface area contributed by atoms with Crippen molar-refractivity contribution in [3.05, 3.63) is 27.2 Å². The molecule has 4 atom stereocenters. The van der Waals surface area contributed by atoms with Crippen LogP contribution in [0.4, 0.5) is 0 Å². The molecule has 10 nitrogen and oxygen atoms in total. The van der Waals surface area contributed by atoms with E-state index in [0.717, 1.165) is 0 Å². The van der Waals surface area contributed by atoms with Crippen LogP contribution >= 0.6 is 0 Å². The maximum atomic E-state index is 11.9. The van der Waals surface area contributed by atoms with Crippen LogP contribution in [0.25, 0.3) is 11.2 Å². The summed E-state index contributed by atoms with van der Waals surface area (Å²) >= 11 is 0. The van der Waals surface area contributed by atoms with Crippen LogP contribution in [0.2, 0.25) is 0 Å². The second kappa shape index (κ2) is 5.52. The second-order valence-corrected chi connectivity index (χ2v) is 5.92. The summed E-state index contributed by atoms with van der Waals surface area (Å²) in [5.41, 5.74) is -4.59. The van der Waals surface area contributed by atoms with E-state index in [0.29, 0.717) is 0 Å². The van der Waals surface area contributed by atoms with Crippen LogP contribution in [0.1, 0.15) is 26.7 Å². The summed E-state index contributed by atoms with van der Waals surface area (Å²) in [7, 11) is 0. The quantitative estimate of drug-likeness (QED) is 0.448. The van der Waals surface area contributed by atoms with Crippen molar-refractivity contribution >= 4 is 11.2 Å². The Labute approximate surface area is 135 Å². The first-order valence-electron chi connectivity index (χ1n) is 7.73. The van der Waals surface area contributed by atoms with Crippen molar-refractivity contribution in [2.24, 2.45) is 0 Å². The minimum atomic E-state index is -1.75. The van der Waals surface area contributed by atoms with Gasteiger partial charge in [-0.15, -0.1) is 0 Å². The van der Waals surface area contributed by atoms with E-state index in [-0.39, 0.29) is 24.0 Å². The first-order chi connectivity index (χ1) is 11.3. The number of rotatable bonds is 4. The van der Waals surface area contributed by atoms with Gasteiger partial charge in [-0.3, -0.25) is 19.3 Å². The number of nitrogens with zero attached hydrogens (tertiary/aromatic N) is 2. The van der Waals surface area contributed by atoms with E-state index in [9.17, 15) is 24.9 Å². The molecule has 0 amide bonds. The van der Waals surface area contributed by atoms with E-state index in [1.807, 2.05) is 0 Å². The lowest BCUT2D eigenvalue weighted by Gasteiger charge is -2.41. The first kappa shape index (κ1) is 16.8. The minimum Gasteiger partial charge on any atom is -0.394 e. The maximum absolute atomic E-state index is 11.9. The van der Waals surface area contributed by atoms with Crippen LogP contribution in [-0.2, 0) is 10.5 Å². The summed E-state index contributed by atoms with van der Waals surface area (Å²) in [5.74, 6) is 0. The van der Waals surface area contributed by atoms with E-state index < -0.39 is 41.4 Å². The Hall–Kier alpha value is -2.01. The van der Waals surface area contributed by atoms with Gasteiger partial charge in [0.15, 0.2) is 11.2 Å². The third kappa shape index (κ3) is 1.94. The zero-order valence-electron chi connectivity index (χ0n) is 13.3. The second-order valence-electron chi connectivity index (χ2n) is 5.92. The molecule has 0 aliphatic carbocycles. The SMILES string of the molecule is CC[C@@]1(O)[C@H](O)[C@@H](CO)O[C@@]1(CC)n1cnc2c(=O)[nH]c(=O)[nH]c21. The molecule has 0 aromatic carbocycles. The van der Waals surface area contributed by atoms with E-state index in [4.69, 9.17) is 4.74 Å². The Kier molecular flexibility index (Phi) is 3.87. The van der Waals surface area contributed by atoms with Gasteiger partial charge in [-0.25, -0.2) is 9.78 Å². The average Bonchev–Trinajstić information content (AvgIpc) is 3.07. The molecular weight excluding hydrogens is 320 g/mol. The fourth-order valence-corrected chi connectivity index (χ4v) is 3.61. The summed E-state index contributed by atoms with van der Waals surface area (Å²) in [6.07, 6.45) is -0.775. The van der Waals surface area contributed by atoms with E-state index in [1.54, 1.807) is 13.8 Å². The number of aliphatic hydroxyl groups is 3. The minimum absolute atomic E-state index is 0.0218. The monoisotopic (exact) mass is 340 g/mol. The molecule has 3 heterocycles. The Bertz CT molecular complexity index is 872. The third-order valence-electron chi connectivity index (χ3n) is 4.89. The molecule has 1 saturated heterocycles. The van der Waals surface area contributed by atoms with Gasteiger partial charge < -0.3 is 20.1 Å².